The number of hydrogen-bond acceptors (Lipinski definition) is 6. The predicted octanol–water partition coefficient (Wildman–Crippen LogP) is 2.71. The second-order valence-electron chi connectivity index (χ2n) is 5.32. The lowest BCUT2D eigenvalue weighted by atomic mass is 10.2. The number of methoxy groups -OCH3 is 1. The van der Waals surface area contributed by atoms with Crippen molar-refractivity contribution in [2.45, 2.75) is 4.90 Å². The van der Waals surface area contributed by atoms with Gasteiger partial charge in [-0.1, -0.05) is 23.2 Å². The van der Waals surface area contributed by atoms with E-state index in [-0.39, 0.29) is 15.5 Å². The van der Waals surface area contributed by atoms with Crippen LogP contribution in [0.3, 0.4) is 0 Å². The molecule has 0 bridgehead atoms. The van der Waals surface area contributed by atoms with Crippen LogP contribution in [-0.4, -0.2) is 41.1 Å². The number of nitrogens with one attached hydrogen (secondary N) is 2. The maximum atomic E-state index is 12.2. The number of benzene rings is 2. The predicted molar refractivity (Wildman–Crippen MR) is 105 cm³/mol. The Morgan fingerprint density at radius 3 is 2.46 bits per heavy atom. The zero-order valence-electron chi connectivity index (χ0n) is 14.8. The Kier molecular flexibility index (Phi) is 7.25. The number of anilines is 1. The molecular weight excluding hydrogens is 431 g/mol. The SMILES string of the molecule is CNS(=O)(=O)c1cc(C(=O)OCC(=O)Nc2cc(Cl)ccc2OC)ccc1Cl. The van der Waals surface area contributed by atoms with E-state index in [2.05, 4.69) is 10.0 Å². The second-order valence-corrected chi connectivity index (χ2v) is 8.02. The van der Waals surface area contributed by atoms with Crippen molar-refractivity contribution in [2.24, 2.45) is 0 Å². The number of esters is 1. The van der Waals surface area contributed by atoms with Crippen LogP contribution in [0.15, 0.2) is 41.3 Å². The van der Waals surface area contributed by atoms with Crippen LogP contribution in [0.25, 0.3) is 0 Å². The lowest BCUT2D eigenvalue weighted by Gasteiger charge is -2.11. The number of sulfonamides is 1. The van der Waals surface area contributed by atoms with E-state index in [1.54, 1.807) is 12.1 Å². The molecule has 11 heteroatoms. The van der Waals surface area contributed by atoms with Crippen molar-refractivity contribution < 1.29 is 27.5 Å². The number of halogens is 2. The van der Waals surface area contributed by atoms with Crippen molar-refractivity contribution in [2.75, 3.05) is 26.1 Å². The molecular formula is C17H16Cl2N2O6S. The van der Waals surface area contributed by atoms with Gasteiger partial charge in [-0.3, -0.25) is 4.79 Å². The van der Waals surface area contributed by atoms with Crippen molar-refractivity contribution in [1.82, 2.24) is 4.72 Å². The number of carbonyl (C=O) groups excluding carboxylic acids is 2. The average Bonchev–Trinajstić information content (AvgIpc) is 2.66. The number of amides is 1. The van der Waals surface area contributed by atoms with Crippen LogP contribution in [0.5, 0.6) is 5.75 Å². The van der Waals surface area contributed by atoms with Gasteiger partial charge in [0.2, 0.25) is 10.0 Å². The highest BCUT2D eigenvalue weighted by molar-refractivity contribution is 7.89. The van der Waals surface area contributed by atoms with Gasteiger partial charge in [-0.2, -0.15) is 0 Å². The molecule has 2 rings (SSSR count). The van der Waals surface area contributed by atoms with E-state index in [1.807, 2.05) is 0 Å². The van der Waals surface area contributed by atoms with Gasteiger partial charge in [0.1, 0.15) is 10.6 Å². The number of ether oxygens (including phenoxy) is 2. The summed E-state index contributed by atoms with van der Waals surface area (Å²) in [5.74, 6) is -1.15. The van der Waals surface area contributed by atoms with Crippen LogP contribution >= 0.6 is 23.2 Å². The van der Waals surface area contributed by atoms with E-state index < -0.39 is 28.5 Å². The summed E-state index contributed by atoms with van der Waals surface area (Å²) in [6.07, 6.45) is 0. The summed E-state index contributed by atoms with van der Waals surface area (Å²) in [5.41, 5.74) is 0.233. The van der Waals surface area contributed by atoms with Gasteiger partial charge in [0.25, 0.3) is 5.91 Å². The quantitative estimate of drug-likeness (QED) is 0.632. The molecule has 0 atom stereocenters. The molecule has 0 spiro atoms. The third-order valence-corrected chi connectivity index (χ3v) is 5.63. The molecule has 1 amide bonds. The normalized spacial score (nSPS) is 11.0. The second kappa shape index (κ2) is 9.24. The molecule has 0 radical (unpaired) electrons. The summed E-state index contributed by atoms with van der Waals surface area (Å²) in [7, 11) is -1.22. The molecule has 0 aliphatic rings. The number of rotatable bonds is 7. The van der Waals surface area contributed by atoms with E-state index in [4.69, 9.17) is 32.7 Å². The maximum absolute atomic E-state index is 12.2. The van der Waals surface area contributed by atoms with E-state index in [0.717, 1.165) is 6.07 Å². The Balaban J connectivity index is 2.07. The van der Waals surface area contributed by atoms with Gasteiger partial charge >= 0.3 is 5.97 Å². The van der Waals surface area contributed by atoms with Crippen molar-refractivity contribution in [1.29, 1.82) is 0 Å². The van der Waals surface area contributed by atoms with Crippen LogP contribution in [-0.2, 0) is 19.6 Å². The Hall–Kier alpha value is -2.33. The largest absolute Gasteiger partial charge is 0.495 e. The maximum Gasteiger partial charge on any atom is 0.338 e. The van der Waals surface area contributed by atoms with Crippen molar-refractivity contribution in [3.8, 4) is 5.75 Å². The van der Waals surface area contributed by atoms with Gasteiger partial charge in [-0.25, -0.2) is 17.9 Å². The van der Waals surface area contributed by atoms with Crippen molar-refractivity contribution in [3.63, 3.8) is 0 Å². The highest BCUT2D eigenvalue weighted by Crippen LogP contribution is 2.27. The van der Waals surface area contributed by atoms with Gasteiger partial charge in [0.15, 0.2) is 6.61 Å². The minimum Gasteiger partial charge on any atom is -0.495 e. The number of hydrogen-bond donors (Lipinski definition) is 2. The fraction of sp³-hybridized carbons (Fsp3) is 0.176. The van der Waals surface area contributed by atoms with Crippen LogP contribution < -0.4 is 14.8 Å². The lowest BCUT2D eigenvalue weighted by Crippen LogP contribution is -2.22. The van der Waals surface area contributed by atoms with E-state index >= 15 is 0 Å². The summed E-state index contributed by atoms with van der Waals surface area (Å²) >= 11 is 11.7. The van der Waals surface area contributed by atoms with Gasteiger partial charge in [-0.15, -0.1) is 0 Å². The minimum absolute atomic E-state index is 0.0586. The highest BCUT2D eigenvalue weighted by Gasteiger charge is 2.20. The monoisotopic (exact) mass is 446 g/mol. The molecule has 0 heterocycles. The average molecular weight is 447 g/mol. The van der Waals surface area contributed by atoms with E-state index in [1.165, 1.54) is 32.4 Å². The molecule has 0 aliphatic carbocycles. The fourth-order valence-electron chi connectivity index (χ4n) is 2.12. The fourth-order valence-corrected chi connectivity index (χ4v) is 3.55. The number of carbonyl (C=O) groups is 2. The van der Waals surface area contributed by atoms with Gasteiger partial charge in [0.05, 0.1) is 23.4 Å². The van der Waals surface area contributed by atoms with E-state index in [9.17, 15) is 18.0 Å². The Morgan fingerprint density at radius 1 is 1.11 bits per heavy atom. The summed E-state index contributed by atoms with van der Waals surface area (Å²) in [6, 6.07) is 8.24. The first kappa shape index (κ1) is 22.0. The first-order valence-corrected chi connectivity index (χ1v) is 9.95. The Labute approximate surface area is 171 Å². The zero-order chi connectivity index (χ0) is 20.9. The first-order valence-electron chi connectivity index (χ1n) is 7.71. The van der Waals surface area contributed by atoms with Gasteiger partial charge in [-0.05, 0) is 43.4 Å². The van der Waals surface area contributed by atoms with Crippen LogP contribution in [0.4, 0.5) is 5.69 Å². The molecule has 0 aromatic heterocycles. The molecule has 2 aromatic rings. The molecule has 28 heavy (non-hydrogen) atoms. The van der Waals surface area contributed by atoms with Crippen LogP contribution in [0, 0.1) is 0 Å². The topological polar surface area (TPSA) is 111 Å². The molecule has 0 unspecified atom stereocenters. The molecule has 0 fully saturated rings. The molecule has 2 N–H and O–H groups in total. The molecule has 8 nitrogen and oxygen atoms in total. The molecule has 0 aliphatic heterocycles. The third kappa shape index (κ3) is 5.35. The Bertz CT molecular complexity index is 1010. The van der Waals surface area contributed by atoms with Crippen LogP contribution in [0.1, 0.15) is 10.4 Å². The first-order chi connectivity index (χ1) is 13.2. The van der Waals surface area contributed by atoms with Crippen LogP contribution in [0.2, 0.25) is 10.0 Å². The summed E-state index contributed by atoms with van der Waals surface area (Å²) in [6.45, 7) is -0.606. The molecule has 2 aromatic carbocycles. The zero-order valence-corrected chi connectivity index (χ0v) is 17.1. The van der Waals surface area contributed by atoms with E-state index in [0.29, 0.717) is 16.5 Å². The smallest absolute Gasteiger partial charge is 0.338 e. The van der Waals surface area contributed by atoms with Crippen molar-refractivity contribution >= 4 is 50.8 Å². The van der Waals surface area contributed by atoms with Gasteiger partial charge in [0, 0.05) is 5.02 Å². The van der Waals surface area contributed by atoms with Gasteiger partial charge < -0.3 is 14.8 Å². The Morgan fingerprint density at radius 2 is 1.82 bits per heavy atom. The molecule has 0 saturated carbocycles. The minimum atomic E-state index is -3.86. The summed E-state index contributed by atoms with van der Waals surface area (Å²) in [5, 5.41) is 2.83. The summed E-state index contributed by atoms with van der Waals surface area (Å²) < 4.78 is 36.0. The van der Waals surface area contributed by atoms with Crippen molar-refractivity contribution in [3.05, 3.63) is 52.0 Å². The third-order valence-electron chi connectivity index (χ3n) is 3.50. The highest BCUT2D eigenvalue weighted by atomic mass is 35.5. The summed E-state index contributed by atoms with van der Waals surface area (Å²) in [4.78, 5) is 23.9. The standard InChI is InChI=1S/C17H16Cl2N2O6S/c1-20-28(24,25)15-7-10(3-5-12(15)19)17(23)27-9-16(22)21-13-8-11(18)4-6-14(13)26-2/h3-8,20H,9H2,1-2H3,(H,21,22). The molecule has 150 valence electrons. The lowest BCUT2D eigenvalue weighted by molar-refractivity contribution is -0.119. The molecule has 0 saturated heterocycles.